The van der Waals surface area contributed by atoms with Crippen molar-refractivity contribution in [3.05, 3.63) is 34.9 Å². The number of nitrogens with one attached hydrogen (secondary N) is 1. The van der Waals surface area contributed by atoms with Crippen molar-refractivity contribution in [3.8, 4) is 11.8 Å². The molecule has 5 nitrogen and oxygen atoms in total. The minimum atomic E-state index is -0.265. The fraction of sp³-hybridized carbons (Fsp3) is 0.526. The van der Waals surface area contributed by atoms with Gasteiger partial charge in [-0.15, -0.1) is 0 Å². The number of benzene rings is 1. The van der Waals surface area contributed by atoms with E-state index in [9.17, 15) is 4.79 Å². The minimum Gasteiger partial charge on any atom is -0.357 e. The monoisotopic (exact) mass is 362 g/mol. The van der Waals surface area contributed by atoms with Crippen molar-refractivity contribution in [2.24, 2.45) is 5.92 Å². The van der Waals surface area contributed by atoms with Crippen LogP contribution in [0.15, 0.2) is 24.3 Å². The summed E-state index contributed by atoms with van der Waals surface area (Å²) in [6, 6.07) is 7.62. The maximum Gasteiger partial charge on any atom is 0.245 e. The van der Waals surface area contributed by atoms with Crippen LogP contribution in [0.25, 0.3) is 0 Å². The topological polar surface area (TPSA) is 54.1 Å². The van der Waals surface area contributed by atoms with E-state index in [2.05, 4.69) is 22.1 Å². The van der Waals surface area contributed by atoms with Crippen molar-refractivity contribution in [1.29, 1.82) is 0 Å². The second-order valence-corrected chi connectivity index (χ2v) is 6.81. The molecular weight excluding hydrogens is 340 g/mol. The van der Waals surface area contributed by atoms with Crippen LogP contribution in [0, 0.1) is 17.8 Å². The maximum absolute atomic E-state index is 11.2. The first kappa shape index (κ1) is 18.2. The molecule has 134 valence electrons. The molecule has 1 aromatic rings. The number of hydrogen-bond acceptors (Lipinski definition) is 4. The number of hydrogen-bond donors (Lipinski definition) is 1. The lowest BCUT2D eigenvalue weighted by Crippen LogP contribution is -2.37. The van der Waals surface area contributed by atoms with E-state index in [0.717, 1.165) is 42.9 Å². The lowest BCUT2D eigenvalue weighted by molar-refractivity contribution is -0.127. The first-order valence-corrected chi connectivity index (χ1v) is 8.99. The van der Waals surface area contributed by atoms with Gasteiger partial charge in [-0.3, -0.25) is 9.69 Å². The molecule has 0 bridgehead atoms. The SMILES string of the molecule is CNC(=O)COC1OC1N1CCC(CC#Cc2ccc(Cl)cc2)CC1. The van der Waals surface area contributed by atoms with Gasteiger partial charge in [-0.1, -0.05) is 23.4 Å². The highest BCUT2D eigenvalue weighted by Gasteiger charge is 2.45. The molecule has 1 N–H and O–H groups in total. The number of carbonyl (C=O) groups is 1. The number of halogens is 1. The van der Waals surface area contributed by atoms with Crippen molar-refractivity contribution < 1.29 is 14.3 Å². The van der Waals surface area contributed by atoms with Crippen molar-refractivity contribution >= 4 is 17.5 Å². The Labute approximate surface area is 153 Å². The zero-order chi connectivity index (χ0) is 17.6. The molecule has 2 fully saturated rings. The molecule has 0 aliphatic carbocycles. The second kappa shape index (κ2) is 8.68. The minimum absolute atomic E-state index is 0.00533. The molecule has 2 heterocycles. The van der Waals surface area contributed by atoms with Crippen LogP contribution >= 0.6 is 11.6 Å². The van der Waals surface area contributed by atoms with Crippen LogP contribution in [-0.4, -0.2) is 50.1 Å². The number of ether oxygens (including phenoxy) is 2. The van der Waals surface area contributed by atoms with Crippen molar-refractivity contribution in [2.45, 2.75) is 31.8 Å². The number of nitrogens with zero attached hydrogens (tertiary/aromatic N) is 1. The number of piperidine rings is 1. The number of likely N-dealkylation sites (N-methyl/N-ethyl adjacent to an activating group) is 1. The van der Waals surface area contributed by atoms with Crippen molar-refractivity contribution in [2.75, 3.05) is 26.7 Å². The highest BCUT2D eigenvalue weighted by Crippen LogP contribution is 2.31. The summed E-state index contributed by atoms with van der Waals surface area (Å²) in [4.78, 5) is 13.5. The van der Waals surface area contributed by atoms with Crippen LogP contribution in [0.3, 0.4) is 0 Å². The van der Waals surface area contributed by atoms with Crippen molar-refractivity contribution in [3.63, 3.8) is 0 Å². The van der Waals surface area contributed by atoms with E-state index in [1.54, 1.807) is 7.05 Å². The van der Waals surface area contributed by atoms with Crippen LogP contribution < -0.4 is 5.32 Å². The lowest BCUT2D eigenvalue weighted by atomic mass is 9.93. The average Bonchev–Trinajstić information content (AvgIpc) is 3.41. The molecule has 0 aromatic heterocycles. The van der Waals surface area contributed by atoms with Crippen LogP contribution in [0.1, 0.15) is 24.8 Å². The van der Waals surface area contributed by atoms with Crippen LogP contribution in [0.4, 0.5) is 0 Å². The van der Waals surface area contributed by atoms with E-state index in [1.807, 2.05) is 24.3 Å². The molecule has 25 heavy (non-hydrogen) atoms. The van der Waals surface area contributed by atoms with Gasteiger partial charge in [0.25, 0.3) is 0 Å². The summed E-state index contributed by atoms with van der Waals surface area (Å²) < 4.78 is 10.9. The molecule has 2 saturated heterocycles. The standard InChI is InChI=1S/C19H23ClN2O3/c1-21-17(23)13-24-19-18(25-19)22-11-9-15(10-12-22)4-2-3-14-5-7-16(20)8-6-14/h5-8,15,18-19H,4,9-13H2,1H3,(H,21,23). The third-order valence-electron chi connectivity index (χ3n) is 4.56. The summed E-state index contributed by atoms with van der Waals surface area (Å²) in [5.74, 6) is 6.98. The summed E-state index contributed by atoms with van der Waals surface area (Å²) in [5, 5.41) is 3.26. The van der Waals surface area contributed by atoms with Crippen molar-refractivity contribution in [1.82, 2.24) is 10.2 Å². The number of carbonyl (C=O) groups excluding carboxylic acids is 1. The Morgan fingerprint density at radius 3 is 2.76 bits per heavy atom. The smallest absolute Gasteiger partial charge is 0.245 e. The van der Waals surface area contributed by atoms with Crippen LogP contribution in [0.2, 0.25) is 5.02 Å². The van der Waals surface area contributed by atoms with Gasteiger partial charge in [0.1, 0.15) is 6.61 Å². The summed E-state index contributed by atoms with van der Waals surface area (Å²) in [5.41, 5.74) is 1.00. The fourth-order valence-electron chi connectivity index (χ4n) is 2.94. The molecule has 2 aliphatic rings. The summed E-state index contributed by atoms with van der Waals surface area (Å²) in [6.07, 6.45) is 2.87. The zero-order valence-corrected chi connectivity index (χ0v) is 15.1. The van der Waals surface area contributed by atoms with Crippen LogP contribution in [0.5, 0.6) is 0 Å². The van der Waals surface area contributed by atoms with E-state index in [-0.39, 0.29) is 25.0 Å². The van der Waals surface area contributed by atoms with E-state index >= 15 is 0 Å². The van der Waals surface area contributed by atoms with Gasteiger partial charge in [0.05, 0.1) is 0 Å². The molecule has 0 spiro atoms. The number of rotatable bonds is 5. The highest BCUT2D eigenvalue weighted by atomic mass is 35.5. The van der Waals surface area contributed by atoms with E-state index in [1.165, 1.54) is 0 Å². The van der Waals surface area contributed by atoms with E-state index in [4.69, 9.17) is 21.1 Å². The van der Waals surface area contributed by atoms with E-state index in [0.29, 0.717) is 5.92 Å². The Morgan fingerprint density at radius 1 is 1.36 bits per heavy atom. The predicted molar refractivity (Wildman–Crippen MR) is 95.9 cm³/mol. The molecule has 2 aliphatic heterocycles. The Bertz CT molecular complexity index is 645. The summed E-state index contributed by atoms with van der Waals surface area (Å²) in [6.45, 7) is 2.02. The highest BCUT2D eigenvalue weighted by molar-refractivity contribution is 6.30. The Morgan fingerprint density at radius 2 is 2.08 bits per heavy atom. The lowest BCUT2D eigenvalue weighted by Gasteiger charge is -2.29. The fourth-order valence-corrected chi connectivity index (χ4v) is 3.07. The first-order valence-electron chi connectivity index (χ1n) is 8.62. The first-order chi connectivity index (χ1) is 12.2. The molecule has 1 amide bonds. The summed E-state index contributed by atoms with van der Waals surface area (Å²) in [7, 11) is 1.59. The number of epoxide rings is 1. The average molecular weight is 363 g/mol. The van der Waals surface area contributed by atoms with Gasteiger partial charge in [0.2, 0.25) is 5.91 Å². The number of amides is 1. The van der Waals surface area contributed by atoms with Gasteiger partial charge < -0.3 is 14.8 Å². The molecule has 0 radical (unpaired) electrons. The molecule has 2 unspecified atom stereocenters. The van der Waals surface area contributed by atoms with Gasteiger partial charge >= 0.3 is 0 Å². The van der Waals surface area contributed by atoms with Gasteiger partial charge in [0, 0.05) is 37.1 Å². The molecule has 1 aromatic carbocycles. The Balaban J connectivity index is 1.36. The van der Waals surface area contributed by atoms with E-state index < -0.39 is 0 Å². The predicted octanol–water partition coefficient (Wildman–Crippen LogP) is 2.24. The quantitative estimate of drug-likeness (QED) is 0.644. The van der Waals surface area contributed by atoms with Gasteiger partial charge in [-0.25, -0.2) is 0 Å². The second-order valence-electron chi connectivity index (χ2n) is 6.37. The van der Waals surface area contributed by atoms with Gasteiger partial charge in [-0.05, 0) is 43.0 Å². The Hall–Kier alpha value is -1.58. The molecule has 3 rings (SSSR count). The number of likely N-dealkylation sites (tertiary alicyclic amines) is 1. The Kier molecular flexibility index (Phi) is 6.33. The normalized spacial score (nSPS) is 23.6. The maximum atomic E-state index is 11.2. The molecule has 0 saturated carbocycles. The molecule has 2 atom stereocenters. The third kappa shape index (κ3) is 5.45. The largest absolute Gasteiger partial charge is 0.357 e. The summed E-state index contributed by atoms with van der Waals surface area (Å²) >= 11 is 5.87. The third-order valence-corrected chi connectivity index (χ3v) is 4.82. The van der Waals surface area contributed by atoms with Crippen LogP contribution in [-0.2, 0) is 14.3 Å². The van der Waals surface area contributed by atoms with Gasteiger partial charge in [0.15, 0.2) is 12.5 Å². The molecular formula is C19H23ClN2O3. The zero-order valence-electron chi connectivity index (χ0n) is 14.3. The molecule has 6 heteroatoms. The van der Waals surface area contributed by atoms with Gasteiger partial charge in [-0.2, -0.15) is 0 Å².